The highest BCUT2D eigenvalue weighted by Gasteiger charge is 2.16. The summed E-state index contributed by atoms with van der Waals surface area (Å²) >= 11 is 0. The summed E-state index contributed by atoms with van der Waals surface area (Å²) < 4.78 is 21.3. The molecule has 4 aromatic carbocycles. The Bertz CT molecular complexity index is 3830. The van der Waals surface area contributed by atoms with Crippen LogP contribution in [0, 0.1) is 69.2 Å². The van der Waals surface area contributed by atoms with Crippen LogP contribution in [0.3, 0.4) is 0 Å². The third kappa shape index (κ3) is 12.9. The van der Waals surface area contributed by atoms with Crippen molar-refractivity contribution in [2.45, 2.75) is 69.2 Å². The number of pyridine rings is 4. The Morgan fingerprint density at radius 3 is 0.987 bits per heavy atom. The van der Waals surface area contributed by atoms with Gasteiger partial charge in [-0.2, -0.15) is 19.9 Å². The van der Waals surface area contributed by atoms with Crippen molar-refractivity contribution in [2.75, 3.05) is 0 Å². The smallest absolute Gasteiger partial charge is 0.258 e. The van der Waals surface area contributed by atoms with Gasteiger partial charge in [0.2, 0.25) is 23.3 Å². The standard InChI is InChI=1S/2C16H15N3O.2C15H13N3O/c1-10-6-14(9-17-8-10)15-18-16(20-19-15)13-5-4-11(2)12(3)7-13;1-10-4-5-13(8-11(10)2)16-18-15(19-20-16)14-6-7-17-9-12(14)3;2*1-10-5-6-12(8-11(10)2)15-17-14(18-19-15)13-4-3-7-16-9-13/h2*4-9H,1-3H3;2*3-9H,1-2H3. The second-order valence-electron chi connectivity index (χ2n) is 18.8. The van der Waals surface area contributed by atoms with Gasteiger partial charge in [0.1, 0.15) is 0 Å². The second kappa shape index (κ2) is 24.1. The average molecular weight is 1030 g/mol. The SMILES string of the molecule is Cc1ccc(-c2nc(-c3cccnc3)no2)cc1C.Cc1ccc(-c2nc(-c3cccnc3)no2)cc1C.Cc1ccc(-c2nc(-c3ccncc3C)no2)cc1C.Cc1cncc(-c2noc(-c3ccc(C)c(C)c3)n2)c1. The molecule has 0 bridgehead atoms. The van der Waals surface area contributed by atoms with Gasteiger partial charge in [-0.1, -0.05) is 44.9 Å². The summed E-state index contributed by atoms with van der Waals surface area (Å²) in [5.74, 6) is 4.41. The van der Waals surface area contributed by atoms with Crippen LogP contribution in [-0.2, 0) is 0 Å². The van der Waals surface area contributed by atoms with E-state index in [2.05, 4.69) is 164 Å². The Kier molecular flexibility index (Phi) is 16.4. The van der Waals surface area contributed by atoms with E-state index in [0.29, 0.717) is 46.9 Å². The minimum absolute atomic E-state index is 0.530. The first-order valence-electron chi connectivity index (χ1n) is 25.1. The molecule has 16 nitrogen and oxygen atoms in total. The van der Waals surface area contributed by atoms with Crippen LogP contribution in [-0.4, -0.2) is 60.5 Å². The third-order valence-corrected chi connectivity index (χ3v) is 13.0. The zero-order chi connectivity index (χ0) is 54.7. The van der Waals surface area contributed by atoms with Crippen LogP contribution in [0.4, 0.5) is 0 Å². The Balaban J connectivity index is 0.000000126. The Hall–Kier alpha value is -9.96. The molecule has 16 heteroatoms. The predicted octanol–water partition coefficient (Wildman–Crippen LogP) is 14.3. The average Bonchev–Trinajstić information content (AvgIpc) is 4.33. The lowest BCUT2D eigenvalue weighted by Crippen LogP contribution is -1.87. The molecule has 0 unspecified atom stereocenters. The number of benzene rings is 4. The minimum atomic E-state index is 0.530. The van der Waals surface area contributed by atoms with Gasteiger partial charge >= 0.3 is 0 Å². The third-order valence-electron chi connectivity index (χ3n) is 13.0. The highest BCUT2D eigenvalue weighted by atomic mass is 16.5. The van der Waals surface area contributed by atoms with Gasteiger partial charge < -0.3 is 18.1 Å². The summed E-state index contributed by atoms with van der Waals surface area (Å²) in [6.07, 6.45) is 13.9. The van der Waals surface area contributed by atoms with E-state index in [1.807, 2.05) is 74.5 Å². The second-order valence-corrected chi connectivity index (χ2v) is 18.8. The molecule has 0 aliphatic rings. The van der Waals surface area contributed by atoms with E-state index in [9.17, 15) is 0 Å². The Morgan fingerprint density at radius 1 is 0.269 bits per heavy atom. The topological polar surface area (TPSA) is 207 Å². The zero-order valence-electron chi connectivity index (χ0n) is 45.0. The molecule has 8 aromatic heterocycles. The first-order valence-corrected chi connectivity index (χ1v) is 25.1. The molecule has 0 N–H and O–H groups in total. The van der Waals surface area contributed by atoms with Gasteiger partial charge in [-0.25, -0.2) is 0 Å². The van der Waals surface area contributed by atoms with Gasteiger partial charge in [-0.05, 0) is 210 Å². The van der Waals surface area contributed by atoms with E-state index in [4.69, 9.17) is 18.1 Å². The molecule has 0 aliphatic heterocycles. The van der Waals surface area contributed by atoms with Crippen LogP contribution in [0.15, 0.2) is 177 Å². The van der Waals surface area contributed by atoms with Crippen LogP contribution in [0.1, 0.15) is 55.6 Å². The lowest BCUT2D eigenvalue weighted by Gasteiger charge is -2.00. The van der Waals surface area contributed by atoms with Gasteiger partial charge in [0.15, 0.2) is 0 Å². The number of aromatic nitrogens is 12. The van der Waals surface area contributed by atoms with Crippen LogP contribution < -0.4 is 0 Å². The van der Waals surface area contributed by atoms with E-state index in [1.54, 1.807) is 49.6 Å². The van der Waals surface area contributed by atoms with Crippen LogP contribution in [0.5, 0.6) is 0 Å². The summed E-state index contributed by atoms with van der Waals surface area (Å²) in [6.45, 7) is 20.6. The molecule has 12 rings (SSSR count). The summed E-state index contributed by atoms with van der Waals surface area (Å²) in [7, 11) is 0. The Labute approximate surface area is 451 Å². The highest BCUT2D eigenvalue weighted by Crippen LogP contribution is 2.28. The largest absolute Gasteiger partial charge is 0.334 e. The van der Waals surface area contributed by atoms with Crippen molar-refractivity contribution in [1.29, 1.82) is 0 Å². The van der Waals surface area contributed by atoms with Crippen LogP contribution in [0.25, 0.3) is 91.4 Å². The molecule has 12 aromatic rings. The Morgan fingerprint density at radius 2 is 0.628 bits per heavy atom. The number of aryl methyl sites for hydroxylation is 10. The van der Waals surface area contributed by atoms with Crippen molar-refractivity contribution in [2.24, 2.45) is 0 Å². The lowest BCUT2D eigenvalue weighted by atomic mass is 10.1. The van der Waals surface area contributed by atoms with E-state index in [-0.39, 0.29) is 0 Å². The van der Waals surface area contributed by atoms with E-state index < -0.39 is 0 Å². The molecule has 388 valence electrons. The highest BCUT2D eigenvalue weighted by molar-refractivity contribution is 5.65. The van der Waals surface area contributed by atoms with Crippen molar-refractivity contribution in [3.8, 4) is 91.4 Å². The molecule has 0 fully saturated rings. The van der Waals surface area contributed by atoms with Gasteiger partial charge in [0, 0.05) is 94.1 Å². The minimum Gasteiger partial charge on any atom is -0.334 e. The maximum atomic E-state index is 5.37. The first kappa shape index (κ1) is 52.9. The van der Waals surface area contributed by atoms with Gasteiger partial charge in [0.25, 0.3) is 23.6 Å². The monoisotopic (exact) mass is 1030 g/mol. The first-order chi connectivity index (χ1) is 37.8. The zero-order valence-corrected chi connectivity index (χ0v) is 45.0. The summed E-state index contributed by atoms with van der Waals surface area (Å²) in [5.41, 5.74) is 19.2. The lowest BCUT2D eigenvalue weighted by molar-refractivity contribution is 0.432. The number of rotatable bonds is 8. The van der Waals surface area contributed by atoms with Crippen molar-refractivity contribution in [1.82, 2.24) is 60.5 Å². The fourth-order valence-corrected chi connectivity index (χ4v) is 7.71. The fraction of sp³-hybridized carbons (Fsp3) is 0.161. The van der Waals surface area contributed by atoms with E-state index in [1.165, 1.54) is 44.5 Å². The van der Waals surface area contributed by atoms with Gasteiger partial charge in [-0.15, -0.1) is 0 Å². The van der Waals surface area contributed by atoms with Crippen molar-refractivity contribution < 1.29 is 18.1 Å². The normalized spacial score (nSPS) is 10.7. The summed E-state index contributed by atoms with van der Waals surface area (Å²) in [6, 6.07) is 35.8. The molecule has 78 heavy (non-hydrogen) atoms. The van der Waals surface area contributed by atoms with Crippen LogP contribution in [0.2, 0.25) is 0 Å². The molecule has 0 radical (unpaired) electrons. The quantitative estimate of drug-likeness (QED) is 0.139. The maximum Gasteiger partial charge on any atom is 0.258 e. The van der Waals surface area contributed by atoms with Crippen molar-refractivity contribution in [3.05, 3.63) is 214 Å². The molecular formula is C62H56N12O4. The van der Waals surface area contributed by atoms with Gasteiger partial charge in [-0.3, -0.25) is 19.9 Å². The molecule has 0 saturated carbocycles. The van der Waals surface area contributed by atoms with Gasteiger partial charge in [0.05, 0.1) is 0 Å². The number of nitrogens with zero attached hydrogens (tertiary/aromatic N) is 12. The van der Waals surface area contributed by atoms with E-state index in [0.717, 1.165) is 55.6 Å². The summed E-state index contributed by atoms with van der Waals surface area (Å²) in [5, 5.41) is 16.1. The number of hydrogen-bond donors (Lipinski definition) is 0. The van der Waals surface area contributed by atoms with Crippen molar-refractivity contribution >= 4 is 0 Å². The van der Waals surface area contributed by atoms with Crippen LogP contribution >= 0.6 is 0 Å². The van der Waals surface area contributed by atoms with E-state index >= 15 is 0 Å². The maximum absolute atomic E-state index is 5.37. The summed E-state index contributed by atoms with van der Waals surface area (Å²) in [4.78, 5) is 34.0. The molecule has 0 aliphatic carbocycles. The predicted molar refractivity (Wildman–Crippen MR) is 299 cm³/mol. The molecule has 0 amide bonds. The molecule has 0 atom stereocenters. The molecule has 8 heterocycles. The molecular weight excluding hydrogens is 977 g/mol. The van der Waals surface area contributed by atoms with Crippen molar-refractivity contribution in [3.63, 3.8) is 0 Å². The fourth-order valence-electron chi connectivity index (χ4n) is 7.71. The molecule has 0 saturated heterocycles. The number of hydrogen-bond acceptors (Lipinski definition) is 16. The molecule has 0 spiro atoms.